The molecular formula is C8H10N2O2. The normalized spacial score (nSPS) is 9.83. The molecule has 0 aliphatic carbocycles. The minimum absolute atomic E-state index is 0.213. The number of aromatic nitrogens is 1. The van der Waals surface area contributed by atoms with E-state index in [4.69, 9.17) is 5.73 Å². The van der Waals surface area contributed by atoms with Gasteiger partial charge in [0.1, 0.15) is 0 Å². The number of hydrogen-bond acceptors (Lipinski definition) is 2. The van der Waals surface area contributed by atoms with Gasteiger partial charge in [-0.3, -0.25) is 9.59 Å². The molecule has 0 aliphatic rings. The third-order valence-electron chi connectivity index (χ3n) is 1.67. The molecule has 0 fully saturated rings. The Labute approximate surface area is 69.4 Å². The summed E-state index contributed by atoms with van der Waals surface area (Å²) in [6, 6.07) is 1.35. The fourth-order valence-corrected chi connectivity index (χ4v) is 1.23. The van der Waals surface area contributed by atoms with Crippen molar-refractivity contribution in [3.8, 4) is 0 Å². The summed E-state index contributed by atoms with van der Waals surface area (Å²) in [4.78, 5) is 24.2. The zero-order valence-electron chi connectivity index (χ0n) is 6.97. The van der Waals surface area contributed by atoms with Gasteiger partial charge in [0.2, 0.25) is 5.56 Å². The monoisotopic (exact) mass is 166 g/mol. The molecule has 0 aromatic carbocycles. The molecule has 4 nitrogen and oxygen atoms in total. The van der Waals surface area contributed by atoms with E-state index in [-0.39, 0.29) is 5.56 Å². The number of rotatable bonds is 1. The third-order valence-corrected chi connectivity index (χ3v) is 1.67. The Bertz CT molecular complexity index is 353. The predicted molar refractivity (Wildman–Crippen MR) is 45.1 cm³/mol. The molecule has 12 heavy (non-hydrogen) atoms. The van der Waals surface area contributed by atoms with E-state index in [1.807, 2.05) is 0 Å². The van der Waals surface area contributed by atoms with Crippen LogP contribution in [0.5, 0.6) is 0 Å². The van der Waals surface area contributed by atoms with Gasteiger partial charge in [0.15, 0.2) is 0 Å². The number of primary amides is 1. The van der Waals surface area contributed by atoms with Crippen molar-refractivity contribution in [1.29, 1.82) is 0 Å². The maximum Gasteiger partial charge on any atom is 0.250 e. The first-order valence-corrected chi connectivity index (χ1v) is 3.52. The molecule has 0 spiro atoms. The number of pyridine rings is 1. The van der Waals surface area contributed by atoms with Gasteiger partial charge in [-0.2, -0.15) is 0 Å². The molecule has 1 aromatic rings. The lowest BCUT2D eigenvalue weighted by molar-refractivity contribution is 0.0998. The molecular weight excluding hydrogens is 156 g/mol. The summed E-state index contributed by atoms with van der Waals surface area (Å²) in [5.74, 6) is -0.513. The predicted octanol–water partition coefficient (Wildman–Crippen LogP) is 0.0906. The Morgan fingerprint density at radius 2 is 2.08 bits per heavy atom. The molecule has 1 rings (SSSR count). The summed E-state index contributed by atoms with van der Waals surface area (Å²) in [6.07, 6.45) is 0. The van der Waals surface area contributed by atoms with E-state index in [0.717, 1.165) is 0 Å². The van der Waals surface area contributed by atoms with E-state index in [1.54, 1.807) is 13.8 Å². The summed E-state index contributed by atoms with van der Waals surface area (Å²) in [5.41, 5.74) is 6.42. The van der Waals surface area contributed by atoms with Crippen LogP contribution in [0.1, 0.15) is 21.6 Å². The summed E-state index contributed by atoms with van der Waals surface area (Å²) in [7, 11) is 0. The van der Waals surface area contributed by atoms with Crippen molar-refractivity contribution in [3.05, 3.63) is 33.2 Å². The van der Waals surface area contributed by atoms with Gasteiger partial charge in [0, 0.05) is 11.8 Å². The van der Waals surface area contributed by atoms with Crippen molar-refractivity contribution in [3.63, 3.8) is 0 Å². The maximum absolute atomic E-state index is 10.9. The van der Waals surface area contributed by atoms with Gasteiger partial charge in [-0.05, 0) is 19.4 Å². The average Bonchev–Trinajstić information content (AvgIpc) is 1.82. The van der Waals surface area contributed by atoms with E-state index in [0.29, 0.717) is 16.8 Å². The van der Waals surface area contributed by atoms with Crippen molar-refractivity contribution in [2.75, 3.05) is 0 Å². The fourth-order valence-electron chi connectivity index (χ4n) is 1.23. The Hall–Kier alpha value is -1.58. The van der Waals surface area contributed by atoms with Crippen LogP contribution in [0.25, 0.3) is 0 Å². The molecule has 0 saturated carbocycles. The topological polar surface area (TPSA) is 75.9 Å². The summed E-state index contributed by atoms with van der Waals surface area (Å²) < 4.78 is 0. The number of aromatic amines is 1. The first kappa shape index (κ1) is 8.52. The molecule has 1 aromatic heterocycles. The molecule has 64 valence electrons. The second kappa shape index (κ2) is 2.81. The standard InChI is InChI=1S/C8H10N2O2/c1-4-3-6(11)10-5(2)7(4)8(9)12/h3H,1-2H3,(H2,9,12)(H,10,11). The van der Waals surface area contributed by atoms with Gasteiger partial charge in [0.25, 0.3) is 5.91 Å². The van der Waals surface area contributed by atoms with Crippen molar-refractivity contribution >= 4 is 5.91 Å². The summed E-state index contributed by atoms with van der Waals surface area (Å²) in [6.45, 7) is 3.33. The quantitative estimate of drug-likeness (QED) is 0.620. The van der Waals surface area contributed by atoms with Gasteiger partial charge < -0.3 is 10.7 Å². The molecule has 0 atom stereocenters. The molecule has 4 heteroatoms. The number of aryl methyl sites for hydroxylation is 2. The Kier molecular flexibility index (Phi) is 1.99. The maximum atomic E-state index is 10.9. The largest absolute Gasteiger partial charge is 0.366 e. The SMILES string of the molecule is Cc1cc(=O)[nH]c(C)c1C(N)=O. The number of amides is 1. The molecule has 0 saturated heterocycles. The lowest BCUT2D eigenvalue weighted by atomic mass is 10.1. The van der Waals surface area contributed by atoms with Crippen molar-refractivity contribution in [2.24, 2.45) is 5.73 Å². The third kappa shape index (κ3) is 1.37. The molecule has 1 heterocycles. The van der Waals surface area contributed by atoms with E-state index < -0.39 is 5.91 Å². The van der Waals surface area contributed by atoms with Gasteiger partial charge in [-0.1, -0.05) is 0 Å². The van der Waals surface area contributed by atoms with Crippen LogP contribution >= 0.6 is 0 Å². The number of nitrogens with two attached hydrogens (primary N) is 1. The molecule has 0 aliphatic heterocycles. The molecule has 0 radical (unpaired) electrons. The molecule has 0 unspecified atom stereocenters. The van der Waals surface area contributed by atoms with E-state index in [9.17, 15) is 9.59 Å². The van der Waals surface area contributed by atoms with Gasteiger partial charge in [-0.15, -0.1) is 0 Å². The highest BCUT2D eigenvalue weighted by Gasteiger charge is 2.08. The van der Waals surface area contributed by atoms with Crippen LogP contribution in [0.15, 0.2) is 10.9 Å². The van der Waals surface area contributed by atoms with Crippen molar-refractivity contribution in [1.82, 2.24) is 4.98 Å². The van der Waals surface area contributed by atoms with Crippen LogP contribution in [0.2, 0.25) is 0 Å². The van der Waals surface area contributed by atoms with E-state index in [1.165, 1.54) is 6.07 Å². The van der Waals surface area contributed by atoms with Crippen LogP contribution in [0.4, 0.5) is 0 Å². The van der Waals surface area contributed by atoms with Crippen LogP contribution in [-0.2, 0) is 0 Å². The number of carbonyl (C=O) groups is 1. The highest BCUT2D eigenvalue weighted by atomic mass is 16.1. The number of carbonyl (C=O) groups excluding carboxylic acids is 1. The second-order valence-corrected chi connectivity index (χ2v) is 2.68. The van der Waals surface area contributed by atoms with Gasteiger partial charge >= 0.3 is 0 Å². The highest BCUT2D eigenvalue weighted by Crippen LogP contribution is 2.06. The van der Waals surface area contributed by atoms with E-state index >= 15 is 0 Å². The highest BCUT2D eigenvalue weighted by molar-refractivity contribution is 5.95. The second-order valence-electron chi connectivity index (χ2n) is 2.68. The van der Waals surface area contributed by atoms with Crippen LogP contribution < -0.4 is 11.3 Å². The molecule has 0 bridgehead atoms. The fraction of sp³-hybridized carbons (Fsp3) is 0.250. The molecule has 3 N–H and O–H groups in total. The Morgan fingerprint density at radius 1 is 1.50 bits per heavy atom. The minimum Gasteiger partial charge on any atom is -0.366 e. The van der Waals surface area contributed by atoms with Crippen LogP contribution in [-0.4, -0.2) is 10.9 Å². The molecule has 1 amide bonds. The lowest BCUT2D eigenvalue weighted by Crippen LogP contribution is -2.19. The first-order valence-electron chi connectivity index (χ1n) is 3.52. The Morgan fingerprint density at radius 3 is 2.50 bits per heavy atom. The summed E-state index contributed by atoms with van der Waals surface area (Å²) >= 11 is 0. The summed E-state index contributed by atoms with van der Waals surface area (Å²) in [5, 5.41) is 0. The van der Waals surface area contributed by atoms with Gasteiger partial charge in [-0.25, -0.2) is 0 Å². The van der Waals surface area contributed by atoms with Crippen LogP contribution in [0, 0.1) is 13.8 Å². The smallest absolute Gasteiger partial charge is 0.250 e. The van der Waals surface area contributed by atoms with Gasteiger partial charge in [0.05, 0.1) is 5.56 Å². The lowest BCUT2D eigenvalue weighted by Gasteiger charge is -2.03. The van der Waals surface area contributed by atoms with E-state index in [2.05, 4.69) is 4.98 Å². The average molecular weight is 166 g/mol. The van der Waals surface area contributed by atoms with Crippen LogP contribution in [0.3, 0.4) is 0 Å². The Balaban J connectivity index is 3.48. The zero-order chi connectivity index (χ0) is 9.30. The number of nitrogens with one attached hydrogen (secondary N) is 1. The van der Waals surface area contributed by atoms with Crippen molar-refractivity contribution in [2.45, 2.75) is 13.8 Å². The number of hydrogen-bond donors (Lipinski definition) is 2. The first-order chi connectivity index (χ1) is 5.52. The zero-order valence-corrected chi connectivity index (χ0v) is 6.97. The van der Waals surface area contributed by atoms with Crippen molar-refractivity contribution < 1.29 is 4.79 Å². The minimum atomic E-state index is -0.513. The number of H-pyrrole nitrogens is 1.